The summed E-state index contributed by atoms with van der Waals surface area (Å²) in [6.45, 7) is 0. The Hall–Kier alpha value is -1.97. The first-order chi connectivity index (χ1) is 6.18. The van der Waals surface area contributed by atoms with Gasteiger partial charge in [-0.25, -0.2) is 4.79 Å². The van der Waals surface area contributed by atoms with Gasteiger partial charge in [0.05, 0.1) is 17.5 Å². The second kappa shape index (κ2) is 2.52. The van der Waals surface area contributed by atoms with E-state index in [0.29, 0.717) is 16.7 Å². The molecule has 66 valence electrons. The second-order valence-electron chi connectivity index (χ2n) is 2.71. The van der Waals surface area contributed by atoms with E-state index in [-0.39, 0.29) is 5.56 Å². The zero-order chi connectivity index (χ0) is 9.42. The van der Waals surface area contributed by atoms with Gasteiger partial charge in [0.1, 0.15) is 0 Å². The molecule has 0 saturated heterocycles. The molecule has 0 saturated carbocycles. The Kier molecular flexibility index (Phi) is 1.48. The number of furan rings is 1. The van der Waals surface area contributed by atoms with Gasteiger partial charge in [-0.2, -0.15) is 0 Å². The fourth-order valence-electron chi connectivity index (χ4n) is 1.23. The third kappa shape index (κ3) is 1.12. The minimum Gasteiger partial charge on any atom is -0.478 e. The molecule has 0 unspecified atom stereocenters. The number of benzene rings is 1. The molecule has 3 N–H and O–H groups in total. The fourth-order valence-corrected chi connectivity index (χ4v) is 1.23. The number of hydrogen-bond donors (Lipinski definition) is 2. The Balaban J connectivity index is 2.77. The van der Waals surface area contributed by atoms with Crippen molar-refractivity contribution in [2.24, 2.45) is 0 Å². The highest BCUT2D eigenvalue weighted by atomic mass is 16.4. The summed E-state index contributed by atoms with van der Waals surface area (Å²) >= 11 is 0. The van der Waals surface area contributed by atoms with Gasteiger partial charge in [-0.15, -0.1) is 0 Å². The smallest absolute Gasteiger partial charge is 0.335 e. The average Bonchev–Trinajstić information content (AvgIpc) is 2.51. The number of nitrogen functional groups attached to an aromatic ring is 1. The molecule has 0 atom stereocenters. The second-order valence-corrected chi connectivity index (χ2v) is 2.71. The van der Waals surface area contributed by atoms with Crippen molar-refractivity contribution in [1.29, 1.82) is 0 Å². The normalized spacial score (nSPS) is 10.5. The fraction of sp³-hybridized carbons (Fsp3) is 0. The molecule has 2 rings (SSSR count). The van der Waals surface area contributed by atoms with Crippen LogP contribution in [-0.2, 0) is 0 Å². The average molecular weight is 177 g/mol. The predicted molar refractivity (Wildman–Crippen MR) is 47.6 cm³/mol. The molecule has 2 aromatic rings. The van der Waals surface area contributed by atoms with Crippen LogP contribution in [0.1, 0.15) is 10.4 Å². The Morgan fingerprint density at radius 2 is 2.23 bits per heavy atom. The minimum absolute atomic E-state index is 0.173. The summed E-state index contributed by atoms with van der Waals surface area (Å²) in [5.41, 5.74) is 6.63. The van der Waals surface area contributed by atoms with Crippen LogP contribution in [0.3, 0.4) is 0 Å². The number of carboxylic acids is 1. The van der Waals surface area contributed by atoms with Crippen molar-refractivity contribution in [1.82, 2.24) is 0 Å². The standard InChI is InChI=1S/C9H7NO3/c10-7-4-6(9(11)12)3-5-1-2-13-8(5)7/h1-4H,10H2,(H,11,12). The van der Waals surface area contributed by atoms with Crippen molar-refractivity contribution in [3.63, 3.8) is 0 Å². The summed E-state index contributed by atoms with van der Waals surface area (Å²) in [6, 6.07) is 4.59. The van der Waals surface area contributed by atoms with Crippen LogP contribution < -0.4 is 5.73 Å². The van der Waals surface area contributed by atoms with Gasteiger partial charge in [-0.3, -0.25) is 0 Å². The van der Waals surface area contributed by atoms with Crippen LogP contribution in [0.15, 0.2) is 28.9 Å². The highest BCUT2D eigenvalue weighted by Crippen LogP contribution is 2.23. The molecule has 0 aliphatic heterocycles. The van der Waals surface area contributed by atoms with Crippen molar-refractivity contribution < 1.29 is 14.3 Å². The topological polar surface area (TPSA) is 76.5 Å². The van der Waals surface area contributed by atoms with Crippen molar-refractivity contribution in [2.75, 3.05) is 5.73 Å². The van der Waals surface area contributed by atoms with Crippen LogP contribution in [0.4, 0.5) is 5.69 Å². The molecule has 4 nitrogen and oxygen atoms in total. The molecule has 1 aromatic heterocycles. The Morgan fingerprint density at radius 3 is 2.92 bits per heavy atom. The monoisotopic (exact) mass is 177 g/mol. The van der Waals surface area contributed by atoms with E-state index in [2.05, 4.69) is 0 Å². The van der Waals surface area contributed by atoms with E-state index in [1.807, 2.05) is 0 Å². The number of carbonyl (C=O) groups is 1. The maximum Gasteiger partial charge on any atom is 0.335 e. The maximum atomic E-state index is 10.6. The number of hydrogen-bond acceptors (Lipinski definition) is 3. The molecule has 0 aliphatic carbocycles. The number of carboxylic acid groups (broad SMARTS) is 1. The van der Waals surface area contributed by atoms with Gasteiger partial charge < -0.3 is 15.3 Å². The third-order valence-electron chi connectivity index (χ3n) is 1.83. The summed E-state index contributed by atoms with van der Waals surface area (Å²) in [7, 11) is 0. The number of anilines is 1. The van der Waals surface area contributed by atoms with E-state index in [0.717, 1.165) is 0 Å². The predicted octanol–water partition coefficient (Wildman–Crippen LogP) is 1.71. The summed E-state index contributed by atoms with van der Waals surface area (Å²) < 4.78 is 5.07. The van der Waals surface area contributed by atoms with Gasteiger partial charge in [0.2, 0.25) is 0 Å². The zero-order valence-corrected chi connectivity index (χ0v) is 6.65. The Morgan fingerprint density at radius 1 is 1.46 bits per heavy atom. The van der Waals surface area contributed by atoms with E-state index < -0.39 is 5.97 Å². The number of nitrogens with two attached hydrogens (primary N) is 1. The van der Waals surface area contributed by atoms with Gasteiger partial charge >= 0.3 is 5.97 Å². The van der Waals surface area contributed by atoms with Crippen molar-refractivity contribution in [3.8, 4) is 0 Å². The maximum absolute atomic E-state index is 10.6. The van der Waals surface area contributed by atoms with Gasteiger partial charge in [0, 0.05) is 5.39 Å². The highest BCUT2D eigenvalue weighted by Gasteiger charge is 2.08. The van der Waals surface area contributed by atoms with Crippen LogP contribution in [0.5, 0.6) is 0 Å². The first-order valence-electron chi connectivity index (χ1n) is 3.68. The summed E-state index contributed by atoms with van der Waals surface area (Å²) in [4.78, 5) is 10.6. The molecule has 0 amide bonds. The lowest BCUT2D eigenvalue weighted by molar-refractivity contribution is 0.0697. The van der Waals surface area contributed by atoms with Gasteiger partial charge in [0.25, 0.3) is 0 Å². The summed E-state index contributed by atoms with van der Waals surface area (Å²) in [5, 5.41) is 9.43. The van der Waals surface area contributed by atoms with Crippen LogP contribution in [0.25, 0.3) is 11.0 Å². The third-order valence-corrected chi connectivity index (χ3v) is 1.83. The molecule has 0 fully saturated rings. The van der Waals surface area contributed by atoms with Crippen LogP contribution in [0, 0.1) is 0 Å². The van der Waals surface area contributed by atoms with E-state index in [1.165, 1.54) is 18.4 Å². The molecule has 0 spiro atoms. The number of rotatable bonds is 1. The lowest BCUT2D eigenvalue weighted by Crippen LogP contribution is -1.97. The van der Waals surface area contributed by atoms with E-state index in [1.54, 1.807) is 6.07 Å². The highest BCUT2D eigenvalue weighted by molar-refractivity contribution is 5.97. The van der Waals surface area contributed by atoms with Crippen molar-refractivity contribution in [2.45, 2.75) is 0 Å². The van der Waals surface area contributed by atoms with E-state index >= 15 is 0 Å². The molecular weight excluding hydrogens is 170 g/mol. The van der Waals surface area contributed by atoms with Gasteiger partial charge in [-0.1, -0.05) is 0 Å². The van der Waals surface area contributed by atoms with Crippen LogP contribution in [0.2, 0.25) is 0 Å². The van der Waals surface area contributed by atoms with E-state index in [9.17, 15) is 4.79 Å². The Bertz CT molecular complexity index is 473. The van der Waals surface area contributed by atoms with Crippen LogP contribution in [-0.4, -0.2) is 11.1 Å². The lowest BCUT2D eigenvalue weighted by atomic mass is 10.1. The summed E-state index contributed by atoms with van der Waals surface area (Å²) in [5.74, 6) is -0.991. The molecule has 1 aromatic carbocycles. The first-order valence-corrected chi connectivity index (χ1v) is 3.68. The Labute approximate surface area is 73.6 Å². The van der Waals surface area contributed by atoms with E-state index in [4.69, 9.17) is 15.3 Å². The lowest BCUT2D eigenvalue weighted by Gasteiger charge is -1.97. The number of fused-ring (bicyclic) bond motifs is 1. The van der Waals surface area contributed by atoms with Gasteiger partial charge in [-0.05, 0) is 18.2 Å². The van der Waals surface area contributed by atoms with Crippen molar-refractivity contribution in [3.05, 3.63) is 30.0 Å². The largest absolute Gasteiger partial charge is 0.478 e. The quantitative estimate of drug-likeness (QED) is 0.650. The number of aromatic carboxylic acids is 1. The SMILES string of the molecule is Nc1cc(C(=O)O)cc2ccoc12. The summed E-state index contributed by atoms with van der Waals surface area (Å²) in [6.07, 6.45) is 1.48. The molecular formula is C9H7NO3. The molecule has 4 heteroatoms. The van der Waals surface area contributed by atoms with Gasteiger partial charge in [0.15, 0.2) is 5.58 Å². The minimum atomic E-state index is -0.991. The molecule has 0 aliphatic rings. The molecule has 0 radical (unpaired) electrons. The van der Waals surface area contributed by atoms with Crippen LogP contribution >= 0.6 is 0 Å². The molecule has 1 heterocycles. The zero-order valence-electron chi connectivity index (χ0n) is 6.65. The van der Waals surface area contributed by atoms with Crippen molar-refractivity contribution >= 4 is 22.6 Å². The first kappa shape index (κ1) is 7.67. The molecule has 13 heavy (non-hydrogen) atoms. The molecule has 0 bridgehead atoms.